The average Bonchev–Trinajstić information content (AvgIpc) is 2.58. The molecule has 0 aliphatic carbocycles. The van der Waals surface area contributed by atoms with E-state index in [1.807, 2.05) is 26.0 Å². The van der Waals surface area contributed by atoms with Crippen molar-refractivity contribution < 1.29 is 9.53 Å². The van der Waals surface area contributed by atoms with Gasteiger partial charge in [0.2, 0.25) is 0 Å². The minimum Gasteiger partial charge on any atom is -0.379 e. The minimum atomic E-state index is -0.105. The Hall–Kier alpha value is -1.61. The molecule has 0 bridgehead atoms. The predicted octanol–water partition coefficient (Wildman–Crippen LogP) is 2.64. The molecule has 0 radical (unpaired) electrons. The van der Waals surface area contributed by atoms with Crippen LogP contribution in [0.3, 0.4) is 0 Å². The van der Waals surface area contributed by atoms with Gasteiger partial charge in [-0.3, -0.25) is 9.69 Å². The highest BCUT2D eigenvalue weighted by Crippen LogP contribution is 2.22. The van der Waals surface area contributed by atoms with Crippen molar-refractivity contribution in [3.63, 3.8) is 0 Å². The summed E-state index contributed by atoms with van der Waals surface area (Å²) in [5, 5.41) is 9.35. The molecular weight excluding hydrogens is 326 g/mol. The van der Waals surface area contributed by atoms with Crippen molar-refractivity contribution in [2.45, 2.75) is 20.3 Å². The molecule has 0 spiro atoms. The molecule has 1 amide bonds. The van der Waals surface area contributed by atoms with Crippen LogP contribution < -0.4 is 0 Å². The maximum atomic E-state index is 12.9. The van der Waals surface area contributed by atoms with Gasteiger partial charge in [-0.15, -0.1) is 0 Å². The van der Waals surface area contributed by atoms with E-state index in [1.165, 1.54) is 0 Å². The number of nitrogens with zero attached hydrogens (tertiary/aromatic N) is 3. The second kappa shape index (κ2) is 9.03. The number of benzene rings is 1. The number of rotatable bonds is 6. The molecule has 1 aromatic carbocycles. The Kier molecular flexibility index (Phi) is 7.04. The van der Waals surface area contributed by atoms with Crippen LogP contribution in [0.2, 0.25) is 5.02 Å². The molecule has 130 valence electrons. The first-order valence-corrected chi connectivity index (χ1v) is 8.64. The zero-order valence-corrected chi connectivity index (χ0v) is 15.1. The summed E-state index contributed by atoms with van der Waals surface area (Å²) in [6, 6.07) is 5.79. The SMILES string of the molecule is Cc1cc(Cl)c(C(=O)N(CCC#N)CCN2CCOCC2)cc1C. The summed E-state index contributed by atoms with van der Waals surface area (Å²) < 4.78 is 5.35. The summed E-state index contributed by atoms with van der Waals surface area (Å²) in [5.74, 6) is -0.105. The molecule has 1 aliphatic rings. The van der Waals surface area contributed by atoms with Crippen molar-refractivity contribution >= 4 is 17.5 Å². The average molecular weight is 350 g/mol. The van der Waals surface area contributed by atoms with Crippen molar-refractivity contribution in [3.05, 3.63) is 33.8 Å². The van der Waals surface area contributed by atoms with Crippen molar-refractivity contribution in [2.75, 3.05) is 45.9 Å². The maximum absolute atomic E-state index is 12.9. The summed E-state index contributed by atoms with van der Waals surface area (Å²) in [6.45, 7) is 8.95. The molecule has 2 rings (SSSR count). The van der Waals surface area contributed by atoms with Crippen LogP contribution in [0.5, 0.6) is 0 Å². The second-order valence-electron chi connectivity index (χ2n) is 6.07. The predicted molar refractivity (Wildman–Crippen MR) is 94.3 cm³/mol. The molecule has 6 heteroatoms. The molecule has 0 N–H and O–H groups in total. The molecule has 1 fully saturated rings. The Bertz CT molecular complexity index is 621. The molecule has 0 unspecified atom stereocenters. The van der Waals surface area contributed by atoms with E-state index in [-0.39, 0.29) is 5.91 Å². The van der Waals surface area contributed by atoms with Gasteiger partial charge in [-0.05, 0) is 37.1 Å². The van der Waals surface area contributed by atoms with Crippen LogP contribution in [0, 0.1) is 25.2 Å². The van der Waals surface area contributed by atoms with Crippen LogP contribution in [0.4, 0.5) is 0 Å². The Balaban J connectivity index is 2.09. The van der Waals surface area contributed by atoms with Gasteiger partial charge in [0.1, 0.15) is 0 Å². The lowest BCUT2D eigenvalue weighted by molar-refractivity contribution is 0.0326. The van der Waals surface area contributed by atoms with E-state index in [1.54, 1.807) is 4.90 Å². The highest BCUT2D eigenvalue weighted by Gasteiger charge is 2.20. The summed E-state index contributed by atoms with van der Waals surface area (Å²) in [6.07, 6.45) is 0.317. The van der Waals surface area contributed by atoms with Gasteiger partial charge < -0.3 is 9.64 Å². The van der Waals surface area contributed by atoms with Crippen LogP contribution in [0.25, 0.3) is 0 Å². The highest BCUT2D eigenvalue weighted by atomic mass is 35.5. The fourth-order valence-corrected chi connectivity index (χ4v) is 3.00. The quantitative estimate of drug-likeness (QED) is 0.792. The van der Waals surface area contributed by atoms with Crippen LogP contribution in [0.1, 0.15) is 27.9 Å². The lowest BCUT2D eigenvalue weighted by Gasteiger charge is -2.30. The summed E-state index contributed by atoms with van der Waals surface area (Å²) in [7, 11) is 0. The number of carbonyl (C=O) groups excluding carboxylic acids is 1. The Labute approximate surface area is 148 Å². The molecular formula is C18H24ClN3O2. The first-order chi connectivity index (χ1) is 11.5. The summed E-state index contributed by atoms with van der Waals surface area (Å²) >= 11 is 6.28. The van der Waals surface area contributed by atoms with E-state index >= 15 is 0 Å². The van der Waals surface area contributed by atoms with Gasteiger partial charge in [0.05, 0.1) is 36.3 Å². The molecule has 0 aromatic heterocycles. The first-order valence-electron chi connectivity index (χ1n) is 8.26. The molecule has 24 heavy (non-hydrogen) atoms. The molecule has 1 saturated heterocycles. The number of carbonyl (C=O) groups is 1. The largest absolute Gasteiger partial charge is 0.379 e. The van der Waals surface area contributed by atoms with E-state index in [0.29, 0.717) is 30.1 Å². The third-order valence-corrected chi connectivity index (χ3v) is 4.70. The first kappa shape index (κ1) is 18.7. The molecule has 0 saturated carbocycles. The van der Waals surface area contributed by atoms with Crippen molar-refractivity contribution in [2.24, 2.45) is 0 Å². The van der Waals surface area contributed by atoms with Gasteiger partial charge in [0, 0.05) is 32.7 Å². The van der Waals surface area contributed by atoms with Gasteiger partial charge in [0.15, 0.2) is 0 Å². The third-order valence-electron chi connectivity index (χ3n) is 4.38. The van der Waals surface area contributed by atoms with Gasteiger partial charge in [0.25, 0.3) is 5.91 Å². The van der Waals surface area contributed by atoms with E-state index in [0.717, 1.165) is 44.0 Å². The maximum Gasteiger partial charge on any atom is 0.255 e. The monoisotopic (exact) mass is 349 g/mol. The third kappa shape index (κ3) is 4.94. The van der Waals surface area contributed by atoms with Gasteiger partial charge in [-0.25, -0.2) is 0 Å². The molecule has 5 nitrogen and oxygen atoms in total. The zero-order chi connectivity index (χ0) is 17.5. The minimum absolute atomic E-state index is 0.105. The number of nitriles is 1. The fraction of sp³-hybridized carbons (Fsp3) is 0.556. The number of ether oxygens (including phenoxy) is 1. The molecule has 1 aromatic rings. The fourth-order valence-electron chi connectivity index (χ4n) is 2.70. The van der Waals surface area contributed by atoms with E-state index in [4.69, 9.17) is 21.6 Å². The number of hydrogen-bond donors (Lipinski definition) is 0. The van der Waals surface area contributed by atoms with Crippen LogP contribution in [0.15, 0.2) is 12.1 Å². The summed E-state index contributed by atoms with van der Waals surface area (Å²) in [5.41, 5.74) is 2.62. The van der Waals surface area contributed by atoms with Crippen molar-refractivity contribution in [1.82, 2.24) is 9.80 Å². The van der Waals surface area contributed by atoms with Crippen molar-refractivity contribution in [1.29, 1.82) is 5.26 Å². The Morgan fingerprint density at radius 1 is 1.29 bits per heavy atom. The standard InChI is InChI=1S/C18H24ClN3O2/c1-14-12-16(17(19)13-15(14)2)18(23)22(5-3-4-20)7-6-21-8-10-24-11-9-21/h12-13H,3,5-11H2,1-2H3. The molecule has 0 atom stereocenters. The molecule has 1 heterocycles. The van der Waals surface area contributed by atoms with Crippen molar-refractivity contribution in [3.8, 4) is 6.07 Å². The van der Waals surface area contributed by atoms with Gasteiger partial charge in [-0.2, -0.15) is 5.26 Å². The lowest BCUT2D eigenvalue weighted by Crippen LogP contribution is -2.43. The van der Waals surface area contributed by atoms with E-state index in [9.17, 15) is 4.79 Å². The second-order valence-corrected chi connectivity index (χ2v) is 6.48. The number of hydrogen-bond acceptors (Lipinski definition) is 4. The lowest BCUT2D eigenvalue weighted by atomic mass is 10.1. The van der Waals surface area contributed by atoms with E-state index in [2.05, 4.69) is 11.0 Å². The van der Waals surface area contributed by atoms with Gasteiger partial charge in [-0.1, -0.05) is 11.6 Å². The number of morpholine rings is 1. The zero-order valence-electron chi connectivity index (χ0n) is 14.3. The van der Waals surface area contributed by atoms with E-state index < -0.39 is 0 Å². The van der Waals surface area contributed by atoms with Crippen LogP contribution in [-0.4, -0.2) is 61.6 Å². The number of amides is 1. The Morgan fingerprint density at radius 3 is 2.62 bits per heavy atom. The topological polar surface area (TPSA) is 56.6 Å². The Morgan fingerprint density at radius 2 is 1.96 bits per heavy atom. The number of halogens is 1. The normalized spacial score (nSPS) is 15.1. The van der Waals surface area contributed by atoms with Gasteiger partial charge >= 0.3 is 0 Å². The number of aryl methyl sites for hydroxylation is 2. The highest BCUT2D eigenvalue weighted by molar-refractivity contribution is 6.34. The summed E-state index contributed by atoms with van der Waals surface area (Å²) in [4.78, 5) is 16.9. The smallest absolute Gasteiger partial charge is 0.255 e. The van der Waals surface area contributed by atoms with Crippen LogP contribution >= 0.6 is 11.6 Å². The molecule has 1 aliphatic heterocycles. The van der Waals surface area contributed by atoms with Crippen LogP contribution in [-0.2, 0) is 4.74 Å².